The van der Waals surface area contributed by atoms with Gasteiger partial charge in [0.2, 0.25) is 0 Å². The van der Waals surface area contributed by atoms with Crippen LogP contribution < -0.4 is 10.6 Å². The minimum atomic E-state index is -0.268. The van der Waals surface area contributed by atoms with Gasteiger partial charge in [-0.05, 0) is 45.0 Å². The Bertz CT molecular complexity index is 893. The molecule has 0 bridgehead atoms. The van der Waals surface area contributed by atoms with Gasteiger partial charge in [0, 0.05) is 0 Å². The van der Waals surface area contributed by atoms with Crippen LogP contribution in [0.1, 0.15) is 35.1 Å². The first-order valence-electron chi connectivity index (χ1n) is 8.76. The van der Waals surface area contributed by atoms with Crippen molar-refractivity contribution in [3.8, 4) is 5.69 Å². The van der Waals surface area contributed by atoms with E-state index < -0.39 is 0 Å². The van der Waals surface area contributed by atoms with Crippen LogP contribution in [0.2, 0.25) is 0 Å². The summed E-state index contributed by atoms with van der Waals surface area (Å²) in [6.07, 6.45) is 5.39. The Morgan fingerprint density at radius 1 is 1.23 bits per heavy atom. The molecule has 1 fully saturated rings. The summed E-state index contributed by atoms with van der Waals surface area (Å²) >= 11 is 0. The van der Waals surface area contributed by atoms with E-state index in [1.807, 2.05) is 41.9 Å². The summed E-state index contributed by atoms with van der Waals surface area (Å²) in [5.41, 5.74) is 2.71. The molecule has 1 aromatic carbocycles. The monoisotopic (exact) mass is 351 g/mol. The van der Waals surface area contributed by atoms with Crippen molar-refractivity contribution in [2.24, 2.45) is 0 Å². The molecule has 26 heavy (non-hydrogen) atoms. The van der Waals surface area contributed by atoms with Crippen LogP contribution >= 0.6 is 0 Å². The molecule has 0 radical (unpaired) electrons. The zero-order valence-corrected chi connectivity index (χ0v) is 14.6. The SMILES string of the molecule is Cc1c(C(=O)Nc2cnn(-c3ccccc3)c2)nnn1C1CCNCC1. The van der Waals surface area contributed by atoms with Crippen LogP contribution in [0.5, 0.6) is 0 Å². The second-order valence-electron chi connectivity index (χ2n) is 6.41. The Hall–Kier alpha value is -3.00. The van der Waals surface area contributed by atoms with E-state index in [1.54, 1.807) is 17.1 Å². The van der Waals surface area contributed by atoms with Crippen LogP contribution in [0.4, 0.5) is 5.69 Å². The van der Waals surface area contributed by atoms with Crippen molar-refractivity contribution < 1.29 is 4.79 Å². The van der Waals surface area contributed by atoms with Crippen LogP contribution in [-0.2, 0) is 0 Å². The molecule has 0 spiro atoms. The molecular formula is C18H21N7O. The summed E-state index contributed by atoms with van der Waals surface area (Å²) in [5.74, 6) is -0.268. The van der Waals surface area contributed by atoms with E-state index >= 15 is 0 Å². The van der Waals surface area contributed by atoms with Gasteiger partial charge in [0.15, 0.2) is 5.69 Å². The Labute approximate surface area is 151 Å². The number of rotatable bonds is 4. The van der Waals surface area contributed by atoms with Gasteiger partial charge in [-0.2, -0.15) is 5.10 Å². The van der Waals surface area contributed by atoms with E-state index in [4.69, 9.17) is 0 Å². The number of piperidine rings is 1. The van der Waals surface area contributed by atoms with Crippen LogP contribution in [0.15, 0.2) is 42.7 Å². The molecule has 0 aliphatic carbocycles. The fourth-order valence-corrected chi connectivity index (χ4v) is 3.25. The number of aromatic nitrogens is 5. The summed E-state index contributed by atoms with van der Waals surface area (Å²) in [4.78, 5) is 12.6. The highest BCUT2D eigenvalue weighted by molar-refractivity contribution is 6.03. The van der Waals surface area contributed by atoms with Crippen LogP contribution in [0.25, 0.3) is 5.69 Å². The van der Waals surface area contributed by atoms with Crippen molar-refractivity contribution in [2.45, 2.75) is 25.8 Å². The average Bonchev–Trinajstić information content (AvgIpc) is 3.30. The number of amides is 1. The number of hydrogen-bond donors (Lipinski definition) is 2. The molecule has 4 rings (SSSR count). The van der Waals surface area contributed by atoms with Crippen molar-refractivity contribution in [3.05, 3.63) is 54.1 Å². The Morgan fingerprint density at radius 3 is 2.77 bits per heavy atom. The molecule has 1 aliphatic rings. The third-order valence-electron chi connectivity index (χ3n) is 4.66. The predicted octanol–water partition coefficient (Wildman–Crippen LogP) is 1.95. The molecule has 8 nitrogen and oxygen atoms in total. The predicted molar refractivity (Wildman–Crippen MR) is 97.4 cm³/mol. The maximum absolute atomic E-state index is 12.6. The van der Waals surface area contributed by atoms with Crippen molar-refractivity contribution in [3.63, 3.8) is 0 Å². The van der Waals surface area contributed by atoms with Crippen molar-refractivity contribution >= 4 is 11.6 Å². The Kier molecular flexibility index (Phi) is 4.49. The molecule has 1 saturated heterocycles. The first kappa shape index (κ1) is 16.5. The summed E-state index contributed by atoms with van der Waals surface area (Å²) in [7, 11) is 0. The number of nitrogens with zero attached hydrogens (tertiary/aromatic N) is 5. The summed E-state index contributed by atoms with van der Waals surface area (Å²) in [6, 6.07) is 10.0. The van der Waals surface area contributed by atoms with Gasteiger partial charge in [-0.25, -0.2) is 9.36 Å². The van der Waals surface area contributed by atoms with Crippen LogP contribution in [0, 0.1) is 6.92 Å². The van der Waals surface area contributed by atoms with Gasteiger partial charge in [0.25, 0.3) is 5.91 Å². The standard InChI is InChI=1S/C18H21N7O/c1-13-17(22-23-25(13)16-7-9-19-10-8-16)18(26)21-14-11-20-24(12-14)15-5-3-2-4-6-15/h2-6,11-12,16,19H,7-10H2,1H3,(H,21,26). The van der Waals surface area contributed by atoms with Crippen molar-refractivity contribution in [1.29, 1.82) is 0 Å². The number of carbonyl (C=O) groups is 1. The molecule has 2 aromatic heterocycles. The fraction of sp³-hybridized carbons (Fsp3) is 0.333. The van der Waals surface area contributed by atoms with E-state index in [-0.39, 0.29) is 5.91 Å². The van der Waals surface area contributed by atoms with Gasteiger partial charge in [-0.15, -0.1) is 5.10 Å². The van der Waals surface area contributed by atoms with E-state index in [2.05, 4.69) is 26.0 Å². The van der Waals surface area contributed by atoms with Gasteiger partial charge >= 0.3 is 0 Å². The maximum atomic E-state index is 12.6. The van der Waals surface area contributed by atoms with Crippen LogP contribution in [0.3, 0.4) is 0 Å². The number of nitrogens with one attached hydrogen (secondary N) is 2. The minimum absolute atomic E-state index is 0.268. The van der Waals surface area contributed by atoms with Gasteiger partial charge < -0.3 is 10.6 Å². The lowest BCUT2D eigenvalue weighted by molar-refractivity contribution is 0.102. The fourth-order valence-electron chi connectivity index (χ4n) is 3.25. The summed E-state index contributed by atoms with van der Waals surface area (Å²) in [5, 5.41) is 18.8. The molecule has 8 heteroatoms. The second-order valence-corrected chi connectivity index (χ2v) is 6.41. The maximum Gasteiger partial charge on any atom is 0.278 e. The Balaban J connectivity index is 1.49. The zero-order valence-electron chi connectivity index (χ0n) is 14.6. The molecule has 1 amide bonds. The number of para-hydroxylation sites is 1. The highest BCUT2D eigenvalue weighted by atomic mass is 16.2. The van der Waals surface area contributed by atoms with Crippen LogP contribution in [-0.4, -0.2) is 43.8 Å². The number of hydrogen-bond acceptors (Lipinski definition) is 5. The van der Waals surface area contributed by atoms with Crippen molar-refractivity contribution in [1.82, 2.24) is 30.1 Å². The first-order chi connectivity index (χ1) is 12.7. The molecule has 0 unspecified atom stereocenters. The minimum Gasteiger partial charge on any atom is -0.318 e. The van der Waals surface area contributed by atoms with Crippen molar-refractivity contribution in [2.75, 3.05) is 18.4 Å². The van der Waals surface area contributed by atoms with Gasteiger partial charge in [-0.1, -0.05) is 23.4 Å². The molecule has 1 aliphatic heterocycles. The highest BCUT2D eigenvalue weighted by Gasteiger charge is 2.23. The largest absolute Gasteiger partial charge is 0.318 e. The molecule has 0 atom stereocenters. The molecule has 134 valence electrons. The lowest BCUT2D eigenvalue weighted by atomic mass is 10.1. The number of anilines is 1. The first-order valence-corrected chi connectivity index (χ1v) is 8.76. The number of benzene rings is 1. The third kappa shape index (κ3) is 3.23. The molecule has 3 aromatic rings. The molecule has 3 heterocycles. The quantitative estimate of drug-likeness (QED) is 0.750. The lowest BCUT2D eigenvalue weighted by Crippen LogP contribution is -2.30. The topological polar surface area (TPSA) is 89.7 Å². The smallest absolute Gasteiger partial charge is 0.278 e. The van der Waals surface area contributed by atoms with E-state index in [9.17, 15) is 4.79 Å². The number of carbonyl (C=O) groups excluding carboxylic acids is 1. The third-order valence-corrected chi connectivity index (χ3v) is 4.66. The second kappa shape index (κ2) is 7.09. The molecular weight excluding hydrogens is 330 g/mol. The van der Waals surface area contributed by atoms with Gasteiger partial charge in [-0.3, -0.25) is 4.79 Å². The van der Waals surface area contributed by atoms with Gasteiger partial charge in [0.1, 0.15) is 0 Å². The molecule has 0 saturated carbocycles. The summed E-state index contributed by atoms with van der Waals surface area (Å²) < 4.78 is 3.59. The van der Waals surface area contributed by atoms with E-state index in [1.165, 1.54) is 0 Å². The molecule has 2 N–H and O–H groups in total. The normalized spacial score (nSPS) is 15.1. The zero-order chi connectivity index (χ0) is 17.9. The average molecular weight is 351 g/mol. The highest BCUT2D eigenvalue weighted by Crippen LogP contribution is 2.21. The Morgan fingerprint density at radius 2 is 2.00 bits per heavy atom. The lowest BCUT2D eigenvalue weighted by Gasteiger charge is -2.23. The van der Waals surface area contributed by atoms with E-state index in [0.29, 0.717) is 17.4 Å². The van der Waals surface area contributed by atoms with Gasteiger partial charge in [0.05, 0.1) is 35.5 Å². The van der Waals surface area contributed by atoms with E-state index in [0.717, 1.165) is 37.3 Å². The summed E-state index contributed by atoms with van der Waals surface area (Å²) in [6.45, 7) is 3.82.